The number of halogens is 3. The maximum atomic E-state index is 13.3. The Morgan fingerprint density at radius 3 is 2.34 bits per heavy atom. The van der Waals surface area contributed by atoms with Crippen molar-refractivity contribution in [3.8, 4) is 11.5 Å². The number of hydrogen-bond donors (Lipinski definition) is 1. The Bertz CT molecular complexity index is 1170. The molecular weight excluding hydrogens is 488 g/mol. The lowest BCUT2D eigenvalue weighted by Gasteiger charge is -2.26. The van der Waals surface area contributed by atoms with Crippen LogP contribution in [0.25, 0.3) is 0 Å². The molecule has 0 bridgehead atoms. The zero-order valence-corrected chi connectivity index (χ0v) is 21.1. The molecule has 1 unspecified atom stereocenters. The van der Waals surface area contributed by atoms with Crippen molar-refractivity contribution in [2.24, 2.45) is 0 Å². The van der Waals surface area contributed by atoms with Gasteiger partial charge in [-0.2, -0.15) is 0 Å². The lowest BCUT2D eigenvalue weighted by molar-refractivity contribution is -0.134. The monoisotopic (exact) mass is 515 g/mol. The number of benzene rings is 3. The number of rotatable bonds is 7. The van der Waals surface area contributed by atoms with Gasteiger partial charge in [0.25, 0.3) is 5.91 Å². The van der Waals surface area contributed by atoms with Crippen LogP contribution in [0.2, 0.25) is 10.0 Å². The summed E-state index contributed by atoms with van der Waals surface area (Å²) < 4.78 is 19.0. The third-order valence-corrected chi connectivity index (χ3v) is 7.17. The molecule has 1 saturated heterocycles. The second-order valence-electron chi connectivity index (χ2n) is 8.94. The Morgan fingerprint density at radius 1 is 1.03 bits per heavy atom. The van der Waals surface area contributed by atoms with Crippen LogP contribution in [0.5, 0.6) is 11.5 Å². The molecule has 1 aliphatic rings. The first-order valence-electron chi connectivity index (χ1n) is 11.8. The molecule has 0 aliphatic carbocycles. The van der Waals surface area contributed by atoms with Crippen molar-refractivity contribution >= 4 is 29.1 Å². The predicted octanol–water partition coefficient (Wildman–Crippen LogP) is 6.97. The minimum Gasteiger partial charge on any atom is -0.508 e. The Kier molecular flexibility index (Phi) is 8.19. The molecule has 1 amide bonds. The summed E-state index contributed by atoms with van der Waals surface area (Å²) in [5.41, 5.74) is 3.28. The summed E-state index contributed by atoms with van der Waals surface area (Å²) in [4.78, 5) is 14.2. The second-order valence-corrected chi connectivity index (χ2v) is 9.75. The molecule has 0 radical (unpaired) electrons. The first kappa shape index (κ1) is 25.3. The van der Waals surface area contributed by atoms with Gasteiger partial charge in [0.1, 0.15) is 17.3 Å². The summed E-state index contributed by atoms with van der Waals surface area (Å²) in [6.45, 7) is 3.46. The number of phenols is 1. The third-order valence-electron chi connectivity index (χ3n) is 6.49. The van der Waals surface area contributed by atoms with Crippen LogP contribution < -0.4 is 4.74 Å². The molecule has 3 aromatic carbocycles. The Balaban J connectivity index is 1.47. The first-order valence-corrected chi connectivity index (χ1v) is 12.5. The highest BCUT2D eigenvalue weighted by Gasteiger charge is 2.18. The van der Waals surface area contributed by atoms with Gasteiger partial charge in [-0.1, -0.05) is 54.4 Å². The molecule has 1 aliphatic heterocycles. The van der Waals surface area contributed by atoms with Crippen LogP contribution in [0, 0.1) is 5.82 Å². The van der Waals surface area contributed by atoms with E-state index in [-0.39, 0.29) is 30.0 Å². The van der Waals surface area contributed by atoms with Crippen molar-refractivity contribution in [1.82, 2.24) is 4.90 Å². The smallest absolute Gasteiger partial charge is 0.260 e. The molecule has 35 heavy (non-hydrogen) atoms. The Hall–Kier alpha value is -2.76. The molecule has 7 heteroatoms. The van der Waals surface area contributed by atoms with Crippen molar-refractivity contribution in [2.45, 2.75) is 38.5 Å². The van der Waals surface area contributed by atoms with Gasteiger partial charge in [0.2, 0.25) is 0 Å². The molecule has 4 rings (SSSR count). The average Bonchev–Trinajstić information content (AvgIpc) is 2.86. The number of nitrogens with zero attached hydrogens (tertiary/aromatic N) is 1. The molecule has 1 N–H and O–H groups in total. The second kappa shape index (κ2) is 11.3. The topological polar surface area (TPSA) is 49.8 Å². The van der Waals surface area contributed by atoms with Gasteiger partial charge < -0.3 is 14.7 Å². The first-order chi connectivity index (χ1) is 16.8. The van der Waals surface area contributed by atoms with E-state index in [1.54, 1.807) is 30.3 Å². The highest BCUT2D eigenvalue weighted by molar-refractivity contribution is 6.36. The summed E-state index contributed by atoms with van der Waals surface area (Å²) in [5, 5.41) is 11.3. The number of carbonyl (C=O) groups excluding carboxylic acids is 1. The highest BCUT2D eigenvalue weighted by Crippen LogP contribution is 2.35. The SMILES string of the molecule is CC(c1ccc(F)cc1)c1cc(Cc2c(Cl)cc(OCC(=O)N3CCCCC3)cc2Cl)ccc1O. The molecule has 0 spiro atoms. The van der Waals surface area contributed by atoms with Crippen molar-refractivity contribution in [2.75, 3.05) is 19.7 Å². The normalized spacial score (nSPS) is 14.6. The number of likely N-dealkylation sites (tertiary alicyclic amines) is 1. The standard InChI is InChI=1S/C28H28Cl2FNO3/c1-18(20-6-8-21(31)9-7-20)23-13-19(5-10-27(23)33)14-24-25(29)15-22(16-26(24)30)35-17-28(34)32-11-3-2-4-12-32/h5-10,13,15-16,18,33H,2-4,11-12,14,17H2,1H3. The molecule has 1 heterocycles. The van der Waals surface area contributed by atoms with Crippen LogP contribution in [0.4, 0.5) is 4.39 Å². The van der Waals surface area contributed by atoms with Gasteiger partial charge in [-0.15, -0.1) is 0 Å². The molecule has 1 fully saturated rings. The third kappa shape index (κ3) is 6.28. The fourth-order valence-electron chi connectivity index (χ4n) is 4.41. The maximum Gasteiger partial charge on any atom is 0.260 e. The molecule has 184 valence electrons. The summed E-state index contributed by atoms with van der Waals surface area (Å²) in [6.07, 6.45) is 3.67. The number of carbonyl (C=O) groups is 1. The number of phenolic OH excluding ortho intramolecular Hbond substituents is 1. The van der Waals surface area contributed by atoms with Crippen molar-refractivity contribution in [3.63, 3.8) is 0 Å². The summed E-state index contributed by atoms with van der Waals surface area (Å²) in [7, 11) is 0. The van der Waals surface area contributed by atoms with E-state index in [1.165, 1.54) is 12.1 Å². The summed E-state index contributed by atoms with van der Waals surface area (Å²) >= 11 is 13.1. The van der Waals surface area contributed by atoms with Crippen molar-refractivity contribution < 1.29 is 19.0 Å². The van der Waals surface area contributed by atoms with Crippen LogP contribution in [0.1, 0.15) is 54.4 Å². The molecule has 3 aromatic rings. The Morgan fingerprint density at radius 2 is 1.69 bits per heavy atom. The fourth-order valence-corrected chi connectivity index (χ4v) is 5.01. The van der Waals surface area contributed by atoms with E-state index in [1.807, 2.05) is 24.0 Å². The summed E-state index contributed by atoms with van der Waals surface area (Å²) in [5.74, 6) is 0.157. The van der Waals surface area contributed by atoms with Gasteiger partial charge in [-0.05, 0) is 66.3 Å². The van der Waals surface area contributed by atoms with Crippen LogP contribution in [-0.4, -0.2) is 35.6 Å². The molecule has 4 nitrogen and oxygen atoms in total. The number of aromatic hydroxyl groups is 1. The maximum absolute atomic E-state index is 13.3. The number of hydrogen-bond acceptors (Lipinski definition) is 3. The lowest BCUT2D eigenvalue weighted by Crippen LogP contribution is -2.38. The van der Waals surface area contributed by atoms with Crippen molar-refractivity contribution in [3.05, 3.63) is 92.7 Å². The zero-order chi connectivity index (χ0) is 24.9. The van der Waals surface area contributed by atoms with Crippen LogP contribution in [-0.2, 0) is 11.2 Å². The van der Waals surface area contributed by atoms with Crippen LogP contribution in [0.15, 0.2) is 54.6 Å². The summed E-state index contributed by atoms with van der Waals surface area (Å²) in [6, 6.07) is 15.0. The average molecular weight is 516 g/mol. The molecule has 0 saturated carbocycles. The van der Waals surface area contributed by atoms with E-state index in [0.29, 0.717) is 22.2 Å². The van der Waals surface area contributed by atoms with E-state index >= 15 is 0 Å². The van der Waals surface area contributed by atoms with Crippen LogP contribution in [0.3, 0.4) is 0 Å². The molecular formula is C28H28Cl2FNO3. The van der Waals surface area contributed by atoms with Gasteiger partial charge in [0.05, 0.1) is 0 Å². The largest absolute Gasteiger partial charge is 0.508 e. The van der Waals surface area contributed by atoms with E-state index in [4.69, 9.17) is 27.9 Å². The van der Waals surface area contributed by atoms with E-state index in [2.05, 4.69) is 0 Å². The van der Waals surface area contributed by atoms with E-state index in [9.17, 15) is 14.3 Å². The molecule has 0 aromatic heterocycles. The van der Waals surface area contributed by atoms with Gasteiger partial charge >= 0.3 is 0 Å². The number of ether oxygens (including phenoxy) is 1. The van der Waals surface area contributed by atoms with Gasteiger partial charge in [0.15, 0.2) is 6.61 Å². The minimum absolute atomic E-state index is 0.0343. The fraction of sp³-hybridized carbons (Fsp3) is 0.321. The van der Waals surface area contributed by atoms with Crippen molar-refractivity contribution in [1.29, 1.82) is 0 Å². The van der Waals surface area contributed by atoms with Crippen LogP contribution >= 0.6 is 23.2 Å². The van der Waals surface area contributed by atoms with E-state index < -0.39 is 0 Å². The van der Waals surface area contributed by atoms with Gasteiger partial charge in [0, 0.05) is 41.0 Å². The highest BCUT2D eigenvalue weighted by atomic mass is 35.5. The zero-order valence-electron chi connectivity index (χ0n) is 19.6. The van der Waals surface area contributed by atoms with E-state index in [0.717, 1.165) is 54.6 Å². The number of piperidine rings is 1. The predicted molar refractivity (Wildman–Crippen MR) is 137 cm³/mol. The quantitative estimate of drug-likeness (QED) is 0.369. The number of amides is 1. The van der Waals surface area contributed by atoms with Gasteiger partial charge in [-0.25, -0.2) is 4.39 Å². The lowest BCUT2D eigenvalue weighted by atomic mass is 9.90. The Labute approximate surface area is 215 Å². The van der Waals surface area contributed by atoms with Gasteiger partial charge in [-0.3, -0.25) is 4.79 Å². The molecule has 1 atom stereocenters. The minimum atomic E-state index is -0.300.